The number of methoxy groups -OCH3 is 2. The molecule has 0 aliphatic heterocycles. The fourth-order valence-electron chi connectivity index (χ4n) is 1.55. The maximum atomic E-state index is 11.4. The third-order valence-corrected chi connectivity index (χ3v) is 2.42. The zero-order valence-electron chi connectivity index (χ0n) is 10.2. The average molecular weight is 247 g/mol. The number of esters is 1. The maximum Gasteiger partial charge on any atom is 0.356 e. The first kappa shape index (κ1) is 12.1. The number of pyridine rings is 1. The van der Waals surface area contributed by atoms with Crippen molar-refractivity contribution < 1.29 is 14.3 Å². The van der Waals surface area contributed by atoms with Crippen LogP contribution in [0.4, 0.5) is 0 Å². The van der Waals surface area contributed by atoms with E-state index < -0.39 is 5.97 Å². The van der Waals surface area contributed by atoms with Crippen LogP contribution < -0.4 is 4.74 Å². The van der Waals surface area contributed by atoms with E-state index in [4.69, 9.17) is 4.74 Å². The highest BCUT2D eigenvalue weighted by Gasteiger charge is 2.12. The van der Waals surface area contributed by atoms with E-state index in [0.29, 0.717) is 12.4 Å². The van der Waals surface area contributed by atoms with Crippen LogP contribution >= 0.6 is 0 Å². The van der Waals surface area contributed by atoms with Gasteiger partial charge in [0.2, 0.25) is 5.88 Å². The lowest BCUT2D eigenvalue weighted by atomic mass is 10.2. The monoisotopic (exact) mass is 247 g/mol. The topological polar surface area (TPSA) is 66.2 Å². The molecule has 0 spiro atoms. The van der Waals surface area contributed by atoms with Gasteiger partial charge >= 0.3 is 5.97 Å². The number of hydrogen-bond acceptors (Lipinski definition) is 5. The van der Waals surface area contributed by atoms with Crippen LogP contribution in [0.1, 0.15) is 16.1 Å². The van der Waals surface area contributed by atoms with Crippen molar-refractivity contribution in [2.45, 2.75) is 6.54 Å². The Bertz CT molecular complexity index is 538. The summed E-state index contributed by atoms with van der Waals surface area (Å²) in [5, 5.41) is 4.10. The predicted molar refractivity (Wildman–Crippen MR) is 63.5 cm³/mol. The Balaban J connectivity index is 2.28. The molecule has 0 radical (unpaired) electrons. The second kappa shape index (κ2) is 5.31. The molecule has 2 aromatic heterocycles. The number of rotatable bonds is 4. The molecule has 2 aromatic rings. The molecular weight excluding hydrogens is 234 g/mol. The lowest BCUT2D eigenvalue weighted by molar-refractivity contribution is 0.0593. The van der Waals surface area contributed by atoms with Crippen molar-refractivity contribution in [3.05, 3.63) is 41.9 Å². The first-order valence-corrected chi connectivity index (χ1v) is 5.34. The molecule has 0 aromatic carbocycles. The Morgan fingerprint density at radius 2 is 2.22 bits per heavy atom. The van der Waals surface area contributed by atoms with E-state index in [0.717, 1.165) is 5.56 Å². The maximum absolute atomic E-state index is 11.4. The summed E-state index contributed by atoms with van der Waals surface area (Å²) >= 11 is 0. The molecule has 0 bridgehead atoms. The Kier molecular flexibility index (Phi) is 3.57. The number of carbonyl (C=O) groups is 1. The van der Waals surface area contributed by atoms with Crippen LogP contribution in [0.2, 0.25) is 0 Å². The molecular formula is C12H13N3O3. The van der Waals surface area contributed by atoms with Crippen molar-refractivity contribution in [2.24, 2.45) is 0 Å². The zero-order chi connectivity index (χ0) is 13.0. The van der Waals surface area contributed by atoms with Crippen molar-refractivity contribution in [1.82, 2.24) is 14.8 Å². The predicted octanol–water partition coefficient (Wildman–Crippen LogP) is 1.12. The van der Waals surface area contributed by atoms with Crippen LogP contribution in [0.15, 0.2) is 30.6 Å². The second-order valence-electron chi connectivity index (χ2n) is 3.56. The number of aromatic nitrogens is 3. The van der Waals surface area contributed by atoms with Gasteiger partial charge in [0.15, 0.2) is 5.69 Å². The van der Waals surface area contributed by atoms with Crippen molar-refractivity contribution in [3.8, 4) is 5.88 Å². The summed E-state index contributed by atoms with van der Waals surface area (Å²) in [4.78, 5) is 15.5. The fourth-order valence-corrected chi connectivity index (χ4v) is 1.55. The highest BCUT2D eigenvalue weighted by molar-refractivity contribution is 5.87. The van der Waals surface area contributed by atoms with Crippen molar-refractivity contribution >= 4 is 5.97 Å². The van der Waals surface area contributed by atoms with Crippen LogP contribution in [-0.4, -0.2) is 35.0 Å². The molecule has 0 atom stereocenters. The molecule has 0 unspecified atom stereocenters. The van der Waals surface area contributed by atoms with E-state index >= 15 is 0 Å². The molecule has 6 heteroatoms. The quantitative estimate of drug-likeness (QED) is 0.757. The average Bonchev–Trinajstić information content (AvgIpc) is 2.91. The molecule has 0 N–H and O–H groups in total. The molecule has 0 saturated heterocycles. The van der Waals surface area contributed by atoms with Gasteiger partial charge in [0.05, 0.1) is 20.8 Å². The molecule has 6 nitrogen and oxygen atoms in total. The molecule has 2 heterocycles. The standard InChI is InChI=1S/C12H13N3O3/c1-17-11-9(8-15-7-3-6-13-15)4-5-10(14-11)12(16)18-2/h3-7H,8H2,1-2H3. The number of ether oxygens (including phenoxy) is 2. The molecule has 0 saturated carbocycles. The van der Waals surface area contributed by atoms with E-state index in [1.807, 2.05) is 12.3 Å². The van der Waals surface area contributed by atoms with Gasteiger partial charge in [0.25, 0.3) is 0 Å². The smallest absolute Gasteiger partial charge is 0.356 e. The highest BCUT2D eigenvalue weighted by atomic mass is 16.5. The van der Waals surface area contributed by atoms with Gasteiger partial charge in [0, 0.05) is 18.0 Å². The molecule has 0 aliphatic rings. The summed E-state index contributed by atoms with van der Waals surface area (Å²) in [5.74, 6) is -0.0904. The SMILES string of the molecule is COC(=O)c1ccc(Cn2cccn2)c(OC)n1. The van der Waals surface area contributed by atoms with Crippen LogP contribution in [-0.2, 0) is 11.3 Å². The minimum Gasteiger partial charge on any atom is -0.481 e. The molecule has 94 valence electrons. The Morgan fingerprint density at radius 3 is 2.83 bits per heavy atom. The normalized spacial score (nSPS) is 10.1. The lowest BCUT2D eigenvalue weighted by Crippen LogP contribution is -2.08. The van der Waals surface area contributed by atoms with E-state index in [1.54, 1.807) is 23.0 Å². The first-order chi connectivity index (χ1) is 8.74. The van der Waals surface area contributed by atoms with Gasteiger partial charge in [-0.15, -0.1) is 0 Å². The fraction of sp³-hybridized carbons (Fsp3) is 0.250. The summed E-state index contributed by atoms with van der Waals surface area (Å²) in [6, 6.07) is 5.22. The Hall–Kier alpha value is -2.37. The number of carbonyl (C=O) groups excluding carboxylic acids is 1. The van der Waals surface area contributed by atoms with Gasteiger partial charge < -0.3 is 9.47 Å². The van der Waals surface area contributed by atoms with E-state index in [2.05, 4.69) is 14.8 Å². The minimum atomic E-state index is -0.487. The number of nitrogens with zero attached hydrogens (tertiary/aromatic N) is 3. The summed E-state index contributed by atoms with van der Waals surface area (Å²) in [6.45, 7) is 0.532. The van der Waals surface area contributed by atoms with Crippen LogP contribution in [0.5, 0.6) is 5.88 Å². The van der Waals surface area contributed by atoms with Gasteiger partial charge in [-0.25, -0.2) is 9.78 Å². The van der Waals surface area contributed by atoms with E-state index in [-0.39, 0.29) is 5.69 Å². The first-order valence-electron chi connectivity index (χ1n) is 5.34. The summed E-state index contributed by atoms with van der Waals surface area (Å²) in [5.41, 5.74) is 1.06. The second-order valence-corrected chi connectivity index (χ2v) is 3.56. The Morgan fingerprint density at radius 1 is 1.39 bits per heavy atom. The molecule has 0 fully saturated rings. The molecule has 0 amide bonds. The summed E-state index contributed by atoms with van der Waals surface area (Å²) in [7, 11) is 2.82. The lowest BCUT2D eigenvalue weighted by Gasteiger charge is -2.08. The summed E-state index contributed by atoms with van der Waals surface area (Å²) in [6.07, 6.45) is 3.54. The van der Waals surface area contributed by atoms with Crippen LogP contribution in [0, 0.1) is 0 Å². The number of hydrogen-bond donors (Lipinski definition) is 0. The largest absolute Gasteiger partial charge is 0.481 e. The van der Waals surface area contributed by atoms with Gasteiger partial charge in [-0.05, 0) is 18.2 Å². The van der Waals surface area contributed by atoms with E-state index in [9.17, 15) is 4.79 Å². The van der Waals surface area contributed by atoms with Crippen molar-refractivity contribution in [2.75, 3.05) is 14.2 Å². The van der Waals surface area contributed by atoms with Crippen LogP contribution in [0.3, 0.4) is 0 Å². The van der Waals surface area contributed by atoms with E-state index in [1.165, 1.54) is 14.2 Å². The van der Waals surface area contributed by atoms with Gasteiger partial charge in [-0.1, -0.05) is 0 Å². The van der Waals surface area contributed by atoms with Gasteiger partial charge in [-0.2, -0.15) is 5.10 Å². The highest BCUT2D eigenvalue weighted by Crippen LogP contribution is 2.17. The zero-order valence-corrected chi connectivity index (χ0v) is 10.2. The van der Waals surface area contributed by atoms with Crippen molar-refractivity contribution in [1.29, 1.82) is 0 Å². The minimum absolute atomic E-state index is 0.221. The van der Waals surface area contributed by atoms with Gasteiger partial charge in [0.1, 0.15) is 0 Å². The molecule has 18 heavy (non-hydrogen) atoms. The third-order valence-electron chi connectivity index (χ3n) is 2.42. The third kappa shape index (κ3) is 2.48. The summed E-state index contributed by atoms with van der Waals surface area (Å²) < 4.78 is 11.5. The molecule has 0 aliphatic carbocycles. The Labute approximate surface area is 104 Å². The van der Waals surface area contributed by atoms with Gasteiger partial charge in [-0.3, -0.25) is 4.68 Å². The van der Waals surface area contributed by atoms with Crippen LogP contribution in [0.25, 0.3) is 0 Å². The molecule has 2 rings (SSSR count). The van der Waals surface area contributed by atoms with Crippen molar-refractivity contribution in [3.63, 3.8) is 0 Å².